The molecular weight excluding hydrogens is 283 g/mol. The normalized spacial score (nSPS) is 16.9. The monoisotopic (exact) mass is 304 g/mol. The molecule has 2 rings (SSSR count). The van der Waals surface area contributed by atoms with E-state index in [2.05, 4.69) is 13.0 Å². The van der Waals surface area contributed by atoms with Crippen LogP contribution in [0.5, 0.6) is 5.75 Å². The van der Waals surface area contributed by atoms with Crippen LogP contribution in [0.2, 0.25) is 0 Å². The Morgan fingerprint density at radius 3 is 2.86 bits per heavy atom. The van der Waals surface area contributed by atoms with Crippen LogP contribution >= 0.6 is 0 Å². The van der Waals surface area contributed by atoms with E-state index in [4.69, 9.17) is 4.74 Å². The summed E-state index contributed by atoms with van der Waals surface area (Å²) >= 11 is 0. The number of likely N-dealkylation sites (tertiary alicyclic amines) is 1. The molecule has 0 bridgehead atoms. The highest BCUT2D eigenvalue weighted by Gasteiger charge is 2.26. The number of carbonyl (C=O) groups excluding carboxylic acids is 1. The Labute approximate surface area is 130 Å². The molecule has 0 N–H and O–H groups in total. The predicted octanol–water partition coefficient (Wildman–Crippen LogP) is 2.99. The quantitative estimate of drug-likeness (QED) is 0.840. The average Bonchev–Trinajstić information content (AvgIpc) is 2.52. The smallest absolute Gasteiger partial charge is 0.240 e. The van der Waals surface area contributed by atoms with Gasteiger partial charge in [-0.1, -0.05) is 13.0 Å². The van der Waals surface area contributed by atoms with E-state index in [9.17, 15) is 14.4 Å². The van der Waals surface area contributed by atoms with Crippen LogP contribution in [0.25, 0.3) is 0 Å². The van der Waals surface area contributed by atoms with Crippen molar-refractivity contribution >= 4 is 5.91 Å². The van der Waals surface area contributed by atoms with Gasteiger partial charge in [-0.15, -0.1) is 0 Å². The summed E-state index contributed by atoms with van der Waals surface area (Å²) in [6.07, 6.45) is 2.30. The van der Waals surface area contributed by atoms with Gasteiger partial charge in [-0.3, -0.25) is 4.79 Å². The van der Waals surface area contributed by atoms with E-state index in [1.807, 2.05) is 0 Å². The van der Waals surface area contributed by atoms with Gasteiger partial charge < -0.3 is 9.64 Å². The molecular formula is C17H21FN2O2. The Morgan fingerprint density at radius 2 is 2.23 bits per heavy atom. The molecule has 0 spiro atoms. The van der Waals surface area contributed by atoms with Gasteiger partial charge in [0.1, 0.15) is 17.5 Å². The number of nitriles is 1. The van der Waals surface area contributed by atoms with Crippen molar-refractivity contribution in [1.29, 1.82) is 5.26 Å². The number of hydrogen-bond donors (Lipinski definition) is 0. The van der Waals surface area contributed by atoms with Crippen molar-refractivity contribution in [2.24, 2.45) is 11.8 Å². The summed E-state index contributed by atoms with van der Waals surface area (Å²) in [5.41, 5.74) is 0. The van der Waals surface area contributed by atoms with Crippen LogP contribution < -0.4 is 4.74 Å². The standard InChI is InChI=1S/C17H21FN2O2/c1-13-5-8-20(9-6-13)17(21)14(12-19)7-10-22-16-4-2-3-15(18)11-16/h2-4,11,13-14H,5-10H2,1H3. The van der Waals surface area contributed by atoms with E-state index in [1.165, 1.54) is 12.1 Å². The van der Waals surface area contributed by atoms with Crippen molar-refractivity contribution in [3.63, 3.8) is 0 Å². The van der Waals surface area contributed by atoms with Crippen LogP contribution in [0.3, 0.4) is 0 Å². The second kappa shape index (κ2) is 7.79. The lowest BCUT2D eigenvalue weighted by Gasteiger charge is -2.31. The SMILES string of the molecule is CC1CCN(C(=O)C(C#N)CCOc2cccc(F)c2)CC1. The number of rotatable bonds is 5. The highest BCUT2D eigenvalue weighted by atomic mass is 19.1. The second-order valence-corrected chi connectivity index (χ2v) is 5.78. The Hall–Kier alpha value is -2.09. The lowest BCUT2D eigenvalue weighted by Crippen LogP contribution is -2.41. The molecule has 1 unspecified atom stereocenters. The van der Waals surface area contributed by atoms with Crippen LogP contribution in [0.4, 0.5) is 4.39 Å². The fraction of sp³-hybridized carbons (Fsp3) is 0.529. The summed E-state index contributed by atoms with van der Waals surface area (Å²) in [4.78, 5) is 14.1. The van der Waals surface area contributed by atoms with Crippen molar-refractivity contribution < 1.29 is 13.9 Å². The summed E-state index contributed by atoms with van der Waals surface area (Å²) in [5.74, 6) is -0.121. The molecule has 1 saturated heterocycles. The van der Waals surface area contributed by atoms with Gasteiger partial charge in [0.2, 0.25) is 5.91 Å². The van der Waals surface area contributed by atoms with E-state index in [1.54, 1.807) is 17.0 Å². The lowest BCUT2D eigenvalue weighted by molar-refractivity contribution is -0.135. The first-order valence-corrected chi connectivity index (χ1v) is 7.67. The van der Waals surface area contributed by atoms with Crippen LogP contribution in [-0.2, 0) is 4.79 Å². The molecule has 1 amide bonds. The number of carbonyl (C=O) groups is 1. The molecule has 1 aliphatic heterocycles. The lowest BCUT2D eigenvalue weighted by atomic mass is 9.97. The largest absolute Gasteiger partial charge is 0.493 e. The number of nitrogens with zero attached hydrogens (tertiary/aromatic N) is 2. The van der Waals surface area contributed by atoms with Gasteiger partial charge in [-0.2, -0.15) is 5.26 Å². The van der Waals surface area contributed by atoms with Crippen molar-refractivity contribution in [3.8, 4) is 11.8 Å². The van der Waals surface area contributed by atoms with Gasteiger partial charge in [0, 0.05) is 25.6 Å². The number of ether oxygens (including phenoxy) is 1. The maximum Gasteiger partial charge on any atom is 0.240 e. The maximum absolute atomic E-state index is 13.0. The Bertz CT molecular complexity index is 548. The molecule has 22 heavy (non-hydrogen) atoms. The summed E-state index contributed by atoms with van der Waals surface area (Å²) in [7, 11) is 0. The molecule has 1 atom stereocenters. The first-order valence-electron chi connectivity index (χ1n) is 7.67. The van der Waals surface area contributed by atoms with Crippen LogP contribution in [0, 0.1) is 29.0 Å². The number of benzene rings is 1. The minimum absolute atomic E-state index is 0.114. The topological polar surface area (TPSA) is 53.3 Å². The zero-order valence-corrected chi connectivity index (χ0v) is 12.8. The molecule has 1 aliphatic rings. The maximum atomic E-state index is 13.0. The number of halogens is 1. The zero-order valence-electron chi connectivity index (χ0n) is 12.8. The van der Waals surface area contributed by atoms with Gasteiger partial charge >= 0.3 is 0 Å². The van der Waals surface area contributed by atoms with Crippen molar-refractivity contribution in [2.45, 2.75) is 26.2 Å². The summed E-state index contributed by atoms with van der Waals surface area (Å²) < 4.78 is 18.4. The van der Waals surface area contributed by atoms with Gasteiger partial charge in [-0.25, -0.2) is 4.39 Å². The molecule has 0 saturated carbocycles. The van der Waals surface area contributed by atoms with Gasteiger partial charge in [0.25, 0.3) is 0 Å². The molecule has 1 aromatic rings. The zero-order chi connectivity index (χ0) is 15.9. The number of amides is 1. The summed E-state index contributed by atoms with van der Waals surface area (Å²) in [5, 5.41) is 9.21. The van der Waals surface area contributed by atoms with Crippen LogP contribution in [0.15, 0.2) is 24.3 Å². The molecule has 4 nitrogen and oxygen atoms in total. The van der Waals surface area contributed by atoms with Crippen LogP contribution in [0.1, 0.15) is 26.2 Å². The molecule has 1 aromatic carbocycles. The first kappa shape index (κ1) is 16.3. The van der Waals surface area contributed by atoms with E-state index in [0.29, 0.717) is 18.1 Å². The van der Waals surface area contributed by atoms with Gasteiger partial charge in [0.05, 0.1) is 12.7 Å². The van der Waals surface area contributed by atoms with E-state index >= 15 is 0 Å². The molecule has 1 fully saturated rings. The number of hydrogen-bond acceptors (Lipinski definition) is 3. The number of piperidine rings is 1. The third-order valence-corrected chi connectivity index (χ3v) is 4.02. The Kier molecular flexibility index (Phi) is 5.76. The highest BCUT2D eigenvalue weighted by Crippen LogP contribution is 2.19. The van der Waals surface area contributed by atoms with E-state index < -0.39 is 5.92 Å². The molecule has 1 heterocycles. The summed E-state index contributed by atoms with van der Waals surface area (Å²) in [6, 6.07) is 7.90. The first-order chi connectivity index (χ1) is 10.6. The van der Waals surface area contributed by atoms with Gasteiger partial charge in [0.15, 0.2) is 0 Å². The van der Waals surface area contributed by atoms with Crippen molar-refractivity contribution in [3.05, 3.63) is 30.1 Å². The Morgan fingerprint density at radius 1 is 1.50 bits per heavy atom. The molecule has 0 aliphatic carbocycles. The third-order valence-electron chi connectivity index (χ3n) is 4.02. The molecule has 0 aromatic heterocycles. The van der Waals surface area contributed by atoms with Crippen molar-refractivity contribution in [2.75, 3.05) is 19.7 Å². The van der Waals surface area contributed by atoms with Gasteiger partial charge in [-0.05, 0) is 30.9 Å². The fourth-order valence-electron chi connectivity index (χ4n) is 2.54. The molecule has 0 radical (unpaired) electrons. The molecule has 118 valence electrons. The Balaban J connectivity index is 1.82. The van der Waals surface area contributed by atoms with Crippen molar-refractivity contribution in [1.82, 2.24) is 4.90 Å². The minimum atomic E-state index is -0.693. The summed E-state index contributed by atoms with van der Waals surface area (Å²) in [6.45, 7) is 3.85. The van der Waals surface area contributed by atoms with E-state index in [-0.39, 0.29) is 18.3 Å². The fourth-order valence-corrected chi connectivity index (χ4v) is 2.54. The highest BCUT2D eigenvalue weighted by molar-refractivity contribution is 5.81. The molecule has 5 heteroatoms. The predicted molar refractivity (Wildman–Crippen MR) is 80.6 cm³/mol. The minimum Gasteiger partial charge on any atom is -0.493 e. The third kappa shape index (κ3) is 4.45. The average molecular weight is 304 g/mol. The van der Waals surface area contributed by atoms with Crippen LogP contribution in [-0.4, -0.2) is 30.5 Å². The van der Waals surface area contributed by atoms with E-state index in [0.717, 1.165) is 25.9 Å². The second-order valence-electron chi connectivity index (χ2n) is 5.78.